The number of anilines is 1. The maximum absolute atomic E-state index is 13.8. The first-order valence-electron chi connectivity index (χ1n) is 11.5. The Kier molecular flexibility index (Phi) is 5.05. The van der Waals surface area contributed by atoms with Crippen molar-refractivity contribution in [2.75, 3.05) is 18.5 Å². The molecule has 4 heterocycles. The molecule has 4 aliphatic rings. The van der Waals surface area contributed by atoms with Gasteiger partial charge in [0.25, 0.3) is 0 Å². The van der Waals surface area contributed by atoms with Gasteiger partial charge in [-0.2, -0.15) is 0 Å². The molecule has 0 aromatic heterocycles. The van der Waals surface area contributed by atoms with Crippen LogP contribution in [0.1, 0.15) is 24.0 Å². The molecule has 8 nitrogen and oxygen atoms in total. The smallest absolute Gasteiger partial charge is 0.250 e. The van der Waals surface area contributed by atoms with Crippen molar-refractivity contribution in [2.45, 2.75) is 36.9 Å². The minimum atomic E-state index is -1.33. The predicted octanol–water partition coefficient (Wildman–Crippen LogP) is 2.30. The number of halogens is 1. The SMILES string of the molecule is O=C1[C@@H]2[C@H](Cc3ccc(O)cc3)N[C@]3(C(=O)Nc4ccc(Br)cc43)[C@H]2C(=O)N1C[C@@H]1CCCO1. The van der Waals surface area contributed by atoms with E-state index in [1.54, 1.807) is 30.3 Å². The molecule has 6 rings (SSSR count). The number of hydrogen-bond donors (Lipinski definition) is 3. The molecule has 9 heteroatoms. The number of rotatable bonds is 4. The summed E-state index contributed by atoms with van der Waals surface area (Å²) in [5.41, 5.74) is 0.887. The molecule has 0 radical (unpaired) electrons. The van der Waals surface area contributed by atoms with Crippen molar-refractivity contribution in [2.24, 2.45) is 11.8 Å². The highest BCUT2D eigenvalue weighted by molar-refractivity contribution is 9.10. The van der Waals surface area contributed by atoms with Crippen molar-refractivity contribution in [3.63, 3.8) is 0 Å². The van der Waals surface area contributed by atoms with E-state index in [0.717, 1.165) is 22.9 Å². The van der Waals surface area contributed by atoms with E-state index in [-0.39, 0.29) is 36.1 Å². The standard InChI is InChI=1S/C25H24BrN3O5/c26-14-5-8-18-17(11-14)25(24(33)27-18)21-20(19(28-25)10-13-3-6-15(30)7-4-13)22(31)29(23(21)32)12-16-2-1-9-34-16/h3-8,11,16,19-21,28,30H,1-2,9-10,12H2,(H,27,33)/t16-,19-,20+,21+,25-/m0/s1. The Bertz CT molecular complexity index is 1200. The van der Waals surface area contributed by atoms with Crippen LogP contribution in [0.2, 0.25) is 0 Å². The number of likely N-dealkylation sites (tertiary alicyclic amines) is 1. The summed E-state index contributed by atoms with van der Waals surface area (Å²) in [7, 11) is 0. The van der Waals surface area contributed by atoms with Gasteiger partial charge in [0.1, 0.15) is 11.3 Å². The normalized spacial score (nSPS) is 31.9. The number of benzene rings is 2. The van der Waals surface area contributed by atoms with E-state index in [1.807, 2.05) is 12.1 Å². The Hall–Kier alpha value is -2.75. The molecule has 4 aliphatic heterocycles. The number of imide groups is 1. The fraction of sp³-hybridized carbons (Fsp3) is 0.400. The van der Waals surface area contributed by atoms with Crippen molar-refractivity contribution in [1.82, 2.24) is 10.2 Å². The van der Waals surface area contributed by atoms with Gasteiger partial charge in [-0.3, -0.25) is 24.6 Å². The summed E-state index contributed by atoms with van der Waals surface area (Å²) in [4.78, 5) is 42.4. The van der Waals surface area contributed by atoms with E-state index in [4.69, 9.17) is 4.74 Å². The van der Waals surface area contributed by atoms with Crippen LogP contribution in [0.4, 0.5) is 5.69 Å². The fourth-order valence-electron chi connectivity index (χ4n) is 6.07. The summed E-state index contributed by atoms with van der Waals surface area (Å²) >= 11 is 3.49. The number of nitrogens with one attached hydrogen (secondary N) is 2. The van der Waals surface area contributed by atoms with Crippen molar-refractivity contribution < 1.29 is 24.2 Å². The molecule has 0 unspecified atom stereocenters. The molecule has 1 spiro atoms. The summed E-state index contributed by atoms with van der Waals surface area (Å²) in [5.74, 6) is -2.27. The zero-order chi connectivity index (χ0) is 23.6. The minimum Gasteiger partial charge on any atom is -0.508 e. The Morgan fingerprint density at radius 2 is 1.91 bits per heavy atom. The summed E-state index contributed by atoms with van der Waals surface area (Å²) in [6.07, 6.45) is 1.99. The summed E-state index contributed by atoms with van der Waals surface area (Å²) < 4.78 is 6.49. The summed E-state index contributed by atoms with van der Waals surface area (Å²) in [5, 5.41) is 16.0. The average molecular weight is 526 g/mol. The highest BCUT2D eigenvalue weighted by Gasteiger charge is 2.70. The van der Waals surface area contributed by atoms with Crippen LogP contribution in [0.25, 0.3) is 0 Å². The molecule has 3 amide bonds. The van der Waals surface area contributed by atoms with Gasteiger partial charge in [0.05, 0.1) is 24.5 Å². The topological polar surface area (TPSA) is 108 Å². The highest BCUT2D eigenvalue weighted by Crippen LogP contribution is 2.53. The molecule has 3 fully saturated rings. The Morgan fingerprint density at radius 3 is 2.65 bits per heavy atom. The van der Waals surface area contributed by atoms with Crippen LogP contribution in [0, 0.1) is 11.8 Å². The van der Waals surface area contributed by atoms with Crippen LogP contribution in [0.15, 0.2) is 46.9 Å². The molecule has 2 aromatic rings. The average Bonchev–Trinajstić information content (AvgIpc) is 3.56. The van der Waals surface area contributed by atoms with E-state index in [9.17, 15) is 19.5 Å². The Morgan fingerprint density at radius 1 is 1.12 bits per heavy atom. The Balaban J connectivity index is 1.43. The number of phenolic OH excluding ortho intramolecular Hbond substituents is 1. The lowest BCUT2D eigenvalue weighted by atomic mass is 9.76. The molecule has 2 aromatic carbocycles. The first-order chi connectivity index (χ1) is 16.4. The van der Waals surface area contributed by atoms with E-state index >= 15 is 0 Å². The third-order valence-corrected chi connectivity index (χ3v) is 8.06. The van der Waals surface area contributed by atoms with Gasteiger partial charge < -0.3 is 15.2 Å². The van der Waals surface area contributed by atoms with Crippen molar-refractivity contribution in [1.29, 1.82) is 0 Å². The van der Waals surface area contributed by atoms with Gasteiger partial charge in [0.15, 0.2) is 0 Å². The third-order valence-electron chi connectivity index (χ3n) is 7.57. The van der Waals surface area contributed by atoms with Gasteiger partial charge in [0.2, 0.25) is 17.7 Å². The largest absolute Gasteiger partial charge is 0.508 e. The number of amides is 3. The van der Waals surface area contributed by atoms with E-state index in [1.165, 1.54) is 4.90 Å². The number of nitrogens with zero attached hydrogens (tertiary/aromatic N) is 1. The summed E-state index contributed by atoms with van der Waals surface area (Å²) in [6, 6.07) is 11.8. The van der Waals surface area contributed by atoms with Crippen LogP contribution < -0.4 is 10.6 Å². The number of fused-ring (bicyclic) bond motifs is 4. The highest BCUT2D eigenvalue weighted by atomic mass is 79.9. The second kappa shape index (κ2) is 7.90. The second-order valence-corrected chi connectivity index (χ2v) is 10.4. The zero-order valence-corrected chi connectivity index (χ0v) is 19.9. The second-order valence-electron chi connectivity index (χ2n) is 9.50. The summed E-state index contributed by atoms with van der Waals surface area (Å²) in [6.45, 7) is 0.853. The third kappa shape index (κ3) is 3.14. The first kappa shape index (κ1) is 21.8. The van der Waals surface area contributed by atoms with Gasteiger partial charge in [-0.15, -0.1) is 0 Å². The lowest BCUT2D eigenvalue weighted by Gasteiger charge is -2.30. The van der Waals surface area contributed by atoms with Crippen molar-refractivity contribution in [3.8, 4) is 5.75 Å². The van der Waals surface area contributed by atoms with E-state index < -0.39 is 23.4 Å². The van der Waals surface area contributed by atoms with Crippen LogP contribution >= 0.6 is 15.9 Å². The lowest BCUT2D eigenvalue weighted by Crippen LogP contribution is -2.54. The van der Waals surface area contributed by atoms with Crippen molar-refractivity contribution in [3.05, 3.63) is 58.1 Å². The quantitative estimate of drug-likeness (QED) is 0.528. The fourth-order valence-corrected chi connectivity index (χ4v) is 6.43. The monoisotopic (exact) mass is 525 g/mol. The van der Waals surface area contributed by atoms with Crippen LogP contribution in [0.3, 0.4) is 0 Å². The van der Waals surface area contributed by atoms with Crippen LogP contribution in [0.5, 0.6) is 5.75 Å². The Labute approximate surface area is 204 Å². The molecule has 34 heavy (non-hydrogen) atoms. The maximum Gasteiger partial charge on any atom is 0.250 e. The number of ether oxygens (including phenoxy) is 1. The molecule has 3 saturated heterocycles. The van der Waals surface area contributed by atoms with Crippen LogP contribution in [-0.4, -0.2) is 53.0 Å². The molecular formula is C25H24BrN3O5. The molecule has 0 bridgehead atoms. The molecule has 176 valence electrons. The van der Waals surface area contributed by atoms with Crippen molar-refractivity contribution >= 4 is 39.3 Å². The van der Waals surface area contributed by atoms with E-state index in [2.05, 4.69) is 26.6 Å². The maximum atomic E-state index is 13.8. The zero-order valence-electron chi connectivity index (χ0n) is 18.3. The minimum absolute atomic E-state index is 0.154. The number of carbonyl (C=O) groups excluding carboxylic acids is 3. The van der Waals surface area contributed by atoms with Gasteiger partial charge in [-0.05, 0) is 55.2 Å². The predicted molar refractivity (Wildman–Crippen MR) is 126 cm³/mol. The molecule has 0 saturated carbocycles. The van der Waals surface area contributed by atoms with Gasteiger partial charge >= 0.3 is 0 Å². The lowest BCUT2D eigenvalue weighted by molar-refractivity contribution is -0.144. The number of aromatic hydroxyl groups is 1. The van der Waals surface area contributed by atoms with Crippen LogP contribution in [-0.2, 0) is 31.1 Å². The molecule has 3 N–H and O–H groups in total. The molecular weight excluding hydrogens is 502 g/mol. The van der Waals surface area contributed by atoms with E-state index in [0.29, 0.717) is 24.3 Å². The molecule has 5 atom stereocenters. The first-order valence-corrected chi connectivity index (χ1v) is 12.3. The van der Waals surface area contributed by atoms with Gasteiger partial charge in [0, 0.05) is 28.4 Å². The van der Waals surface area contributed by atoms with Gasteiger partial charge in [-0.1, -0.05) is 28.1 Å². The number of phenols is 1. The van der Waals surface area contributed by atoms with Gasteiger partial charge in [-0.25, -0.2) is 0 Å². The number of hydrogen-bond acceptors (Lipinski definition) is 6. The molecule has 0 aliphatic carbocycles. The number of carbonyl (C=O) groups is 3.